The van der Waals surface area contributed by atoms with E-state index in [1.165, 1.54) is 12.1 Å². The number of nitrogens with one attached hydrogen (secondary N) is 1. The lowest BCUT2D eigenvalue weighted by molar-refractivity contribution is -0.159. The molecule has 0 bridgehead atoms. The number of halogens is 4. The lowest BCUT2D eigenvalue weighted by Crippen LogP contribution is -2.30. The van der Waals surface area contributed by atoms with E-state index in [1.807, 2.05) is 0 Å². The number of ether oxygens (including phenoxy) is 1. The van der Waals surface area contributed by atoms with Crippen LogP contribution in [0, 0.1) is 5.92 Å². The van der Waals surface area contributed by atoms with E-state index in [9.17, 15) is 18.0 Å². The van der Waals surface area contributed by atoms with Crippen molar-refractivity contribution >= 4 is 17.5 Å². The Labute approximate surface area is 145 Å². The van der Waals surface area contributed by atoms with E-state index in [0.717, 1.165) is 0 Å². The summed E-state index contributed by atoms with van der Waals surface area (Å²) in [7, 11) is 0. The molecule has 1 atom stereocenters. The number of hydrogen-bond donors (Lipinski definition) is 1. The van der Waals surface area contributed by atoms with Crippen LogP contribution in [-0.2, 0) is 22.3 Å². The highest BCUT2D eigenvalue weighted by molar-refractivity contribution is 6.31. The average Bonchev–Trinajstić information content (AvgIpc) is 3.24. The van der Waals surface area contributed by atoms with E-state index >= 15 is 0 Å². The third-order valence-corrected chi connectivity index (χ3v) is 4.09. The highest BCUT2D eigenvalue weighted by Crippen LogP contribution is 2.30. The fraction of sp³-hybridized carbons (Fsp3) is 0.400. The molecule has 1 N–H and O–H groups in total. The minimum absolute atomic E-state index is 0.120. The second kappa shape index (κ2) is 7.01. The molecule has 1 aromatic heterocycles. The Bertz CT molecular complexity index is 773. The Balaban J connectivity index is 1.68. The van der Waals surface area contributed by atoms with E-state index in [-0.39, 0.29) is 34.8 Å². The first-order valence-electron chi connectivity index (χ1n) is 7.40. The van der Waals surface area contributed by atoms with Crippen molar-refractivity contribution < 1.29 is 27.2 Å². The quantitative estimate of drug-likeness (QED) is 0.888. The zero-order chi connectivity index (χ0) is 18.0. The minimum Gasteiger partial charge on any atom is -0.381 e. The molecule has 1 aromatic carbocycles. The lowest BCUT2D eigenvalue weighted by atomic mass is 10.1. The Morgan fingerprint density at radius 1 is 1.40 bits per heavy atom. The van der Waals surface area contributed by atoms with Crippen LogP contribution in [0.1, 0.15) is 17.9 Å². The summed E-state index contributed by atoms with van der Waals surface area (Å²) in [6, 6.07) is 4.52. The Morgan fingerprint density at radius 2 is 2.20 bits per heavy atom. The van der Waals surface area contributed by atoms with Crippen LogP contribution in [0.3, 0.4) is 0 Å². The largest absolute Gasteiger partial charge is 0.471 e. The summed E-state index contributed by atoms with van der Waals surface area (Å²) >= 11 is 6.13. The Hall–Kier alpha value is -2.13. The first-order valence-corrected chi connectivity index (χ1v) is 7.77. The van der Waals surface area contributed by atoms with Crippen molar-refractivity contribution in [3.8, 4) is 11.4 Å². The van der Waals surface area contributed by atoms with Crippen molar-refractivity contribution in [1.29, 1.82) is 0 Å². The fourth-order valence-electron chi connectivity index (χ4n) is 2.35. The first-order chi connectivity index (χ1) is 11.8. The molecule has 1 aliphatic rings. The van der Waals surface area contributed by atoms with Crippen molar-refractivity contribution in [1.82, 2.24) is 15.5 Å². The van der Waals surface area contributed by atoms with Gasteiger partial charge < -0.3 is 14.6 Å². The molecule has 0 radical (unpaired) electrons. The number of aromatic nitrogens is 2. The van der Waals surface area contributed by atoms with Gasteiger partial charge in [0, 0.05) is 23.7 Å². The standard InChI is InChI=1S/C15H13ClF3N3O3/c16-11-5-8(12-21-14(25-22-12)15(17,18)19)1-2-9(11)6-20-13(23)10-3-4-24-7-10/h1-2,5,10H,3-4,6-7H2,(H,20,23). The van der Waals surface area contributed by atoms with E-state index in [4.69, 9.17) is 16.3 Å². The van der Waals surface area contributed by atoms with Gasteiger partial charge in [0.15, 0.2) is 0 Å². The molecule has 1 unspecified atom stereocenters. The maximum Gasteiger partial charge on any atom is 0.471 e. The van der Waals surface area contributed by atoms with Crippen LogP contribution >= 0.6 is 11.6 Å². The molecule has 0 saturated carbocycles. The van der Waals surface area contributed by atoms with Gasteiger partial charge in [-0.05, 0) is 18.1 Å². The number of benzene rings is 1. The molecule has 2 aromatic rings. The maximum atomic E-state index is 12.5. The number of alkyl halides is 3. The van der Waals surface area contributed by atoms with E-state index in [0.29, 0.717) is 25.2 Å². The summed E-state index contributed by atoms with van der Waals surface area (Å²) < 4.78 is 46.8. The summed E-state index contributed by atoms with van der Waals surface area (Å²) in [5, 5.41) is 6.34. The van der Waals surface area contributed by atoms with Crippen LogP contribution in [0.2, 0.25) is 5.02 Å². The number of carbonyl (C=O) groups excluding carboxylic acids is 1. The molecular weight excluding hydrogens is 363 g/mol. The molecule has 1 saturated heterocycles. The SMILES string of the molecule is O=C(NCc1ccc(-c2noc(C(F)(F)F)n2)cc1Cl)C1CCOC1. The average molecular weight is 376 g/mol. The number of hydrogen-bond acceptors (Lipinski definition) is 5. The number of carbonyl (C=O) groups is 1. The van der Waals surface area contributed by atoms with Gasteiger partial charge in [0.1, 0.15) is 0 Å². The minimum atomic E-state index is -4.71. The van der Waals surface area contributed by atoms with Gasteiger partial charge in [-0.2, -0.15) is 18.2 Å². The zero-order valence-electron chi connectivity index (χ0n) is 12.8. The molecule has 1 aliphatic heterocycles. The molecule has 1 fully saturated rings. The highest BCUT2D eigenvalue weighted by atomic mass is 35.5. The molecule has 1 amide bonds. The van der Waals surface area contributed by atoms with Crippen molar-refractivity contribution in [3.63, 3.8) is 0 Å². The van der Waals surface area contributed by atoms with E-state index in [2.05, 4.69) is 20.0 Å². The van der Waals surface area contributed by atoms with Gasteiger partial charge in [0.2, 0.25) is 11.7 Å². The molecule has 0 aliphatic carbocycles. The highest BCUT2D eigenvalue weighted by Gasteiger charge is 2.38. The number of amides is 1. The summed E-state index contributed by atoms with van der Waals surface area (Å²) in [4.78, 5) is 15.2. The van der Waals surface area contributed by atoms with Crippen molar-refractivity contribution in [2.75, 3.05) is 13.2 Å². The second-order valence-electron chi connectivity index (χ2n) is 5.51. The van der Waals surface area contributed by atoms with Crippen LogP contribution in [-0.4, -0.2) is 29.3 Å². The van der Waals surface area contributed by atoms with Gasteiger partial charge in [-0.1, -0.05) is 28.9 Å². The smallest absolute Gasteiger partial charge is 0.381 e. The van der Waals surface area contributed by atoms with Gasteiger partial charge >= 0.3 is 12.1 Å². The topological polar surface area (TPSA) is 77.3 Å². The monoisotopic (exact) mass is 375 g/mol. The maximum absolute atomic E-state index is 12.5. The lowest BCUT2D eigenvalue weighted by Gasteiger charge is -2.10. The van der Waals surface area contributed by atoms with Gasteiger partial charge in [-0.25, -0.2) is 0 Å². The third-order valence-electron chi connectivity index (χ3n) is 3.73. The van der Waals surface area contributed by atoms with Gasteiger partial charge in [0.25, 0.3) is 0 Å². The Morgan fingerprint density at radius 3 is 2.80 bits per heavy atom. The normalized spacial score (nSPS) is 17.7. The molecule has 25 heavy (non-hydrogen) atoms. The van der Waals surface area contributed by atoms with Crippen LogP contribution in [0.4, 0.5) is 13.2 Å². The van der Waals surface area contributed by atoms with Crippen LogP contribution < -0.4 is 5.32 Å². The summed E-state index contributed by atoms with van der Waals surface area (Å²) in [6.45, 7) is 1.17. The number of rotatable bonds is 4. The predicted octanol–water partition coefficient (Wildman–Crippen LogP) is 3.06. The molecule has 3 rings (SSSR count). The zero-order valence-corrected chi connectivity index (χ0v) is 13.5. The number of nitrogens with zero attached hydrogens (tertiary/aromatic N) is 2. The van der Waals surface area contributed by atoms with Gasteiger partial charge in [-0.3, -0.25) is 4.79 Å². The van der Waals surface area contributed by atoms with Crippen molar-refractivity contribution in [2.24, 2.45) is 5.92 Å². The molecule has 10 heteroatoms. The molecule has 6 nitrogen and oxygen atoms in total. The Kier molecular flexibility index (Phi) is 4.96. The van der Waals surface area contributed by atoms with Crippen LogP contribution in [0.5, 0.6) is 0 Å². The van der Waals surface area contributed by atoms with Crippen LogP contribution in [0.25, 0.3) is 11.4 Å². The fourth-order valence-corrected chi connectivity index (χ4v) is 2.60. The predicted molar refractivity (Wildman–Crippen MR) is 80.5 cm³/mol. The molecule has 2 heterocycles. The first kappa shape index (κ1) is 17.7. The van der Waals surface area contributed by atoms with E-state index in [1.54, 1.807) is 6.07 Å². The second-order valence-corrected chi connectivity index (χ2v) is 5.91. The summed E-state index contributed by atoms with van der Waals surface area (Å²) in [5.41, 5.74) is 0.903. The van der Waals surface area contributed by atoms with Gasteiger partial charge in [-0.15, -0.1) is 0 Å². The summed E-state index contributed by atoms with van der Waals surface area (Å²) in [6.07, 6.45) is -4.03. The van der Waals surface area contributed by atoms with Gasteiger partial charge in [0.05, 0.1) is 12.5 Å². The molecule has 0 spiro atoms. The van der Waals surface area contributed by atoms with E-state index < -0.39 is 12.1 Å². The van der Waals surface area contributed by atoms with Crippen molar-refractivity contribution in [2.45, 2.75) is 19.1 Å². The third kappa shape index (κ3) is 4.10. The van der Waals surface area contributed by atoms with Crippen LogP contribution in [0.15, 0.2) is 22.7 Å². The molecule has 134 valence electrons. The molecular formula is C15H13ClF3N3O3. The van der Waals surface area contributed by atoms with Crippen molar-refractivity contribution in [3.05, 3.63) is 34.7 Å². The summed E-state index contributed by atoms with van der Waals surface area (Å²) in [5.74, 6) is -1.93.